The topological polar surface area (TPSA) is 292 Å². The van der Waals surface area contributed by atoms with Crippen LogP contribution in [0.15, 0.2) is 67.6 Å². The molecule has 28 heteroatoms. The van der Waals surface area contributed by atoms with Gasteiger partial charge in [0.15, 0.2) is 0 Å². The van der Waals surface area contributed by atoms with Crippen LogP contribution in [0.25, 0.3) is 30.6 Å². The van der Waals surface area contributed by atoms with Crippen molar-refractivity contribution in [3.63, 3.8) is 0 Å². The second kappa shape index (κ2) is 28.6. The summed E-state index contributed by atoms with van der Waals surface area (Å²) in [6.45, 7) is 7.69. The largest absolute Gasteiger partial charge is 0.483 e. The van der Waals surface area contributed by atoms with Crippen LogP contribution in [0.5, 0.6) is 0 Å². The van der Waals surface area contributed by atoms with Crippen LogP contribution in [-0.4, -0.2) is 71.2 Å². The van der Waals surface area contributed by atoms with E-state index in [9.17, 15) is 0 Å². The predicted molar refractivity (Wildman–Crippen MR) is 341 cm³/mol. The summed E-state index contributed by atoms with van der Waals surface area (Å²) in [5.41, 5.74) is 24.6. The van der Waals surface area contributed by atoms with Gasteiger partial charge < -0.3 is 52.2 Å². The van der Waals surface area contributed by atoms with Crippen molar-refractivity contribution in [3.8, 4) is 0 Å². The number of hydrogen-bond donors (Lipinski definition) is 8. The molecule has 13 rings (SSSR count). The summed E-state index contributed by atoms with van der Waals surface area (Å²) in [6, 6.07) is 12.4. The Kier molecular flexibility index (Phi) is 22.7. The Labute approximate surface area is 525 Å². The van der Waals surface area contributed by atoms with Gasteiger partial charge in [0, 0.05) is 48.5 Å². The molecule has 18 nitrogen and oxygen atoms in total. The van der Waals surface area contributed by atoms with Crippen LogP contribution in [0.2, 0.25) is 15.9 Å². The summed E-state index contributed by atoms with van der Waals surface area (Å²) in [7, 11) is 0. The van der Waals surface area contributed by atoms with Crippen molar-refractivity contribution in [3.05, 3.63) is 117 Å². The molecule has 440 valence electrons. The lowest BCUT2D eigenvalue weighted by Crippen LogP contribution is -2.36. The molecule has 0 bridgehead atoms. The number of aromatic nitrogens is 6. The number of thiophene rings is 4. The molecule has 9 aromatic rings. The Morgan fingerprint density at radius 1 is 0.671 bits per heavy atom. The first-order chi connectivity index (χ1) is 38.5. The molecule has 9 aromatic heterocycles. The van der Waals surface area contributed by atoms with E-state index < -0.39 is 0 Å². The van der Waals surface area contributed by atoms with E-state index in [1.54, 1.807) is 57.9 Å². The number of nitrogens with one attached hydrogen (secondary N) is 3. The van der Waals surface area contributed by atoms with E-state index in [-0.39, 0.29) is 82.6 Å². The van der Waals surface area contributed by atoms with Gasteiger partial charge in [-0.05, 0) is 188 Å². The first-order valence-corrected chi connectivity index (χ1v) is 31.1. The Hall–Kier alpha value is -4.47. The third-order valence-corrected chi connectivity index (χ3v) is 21.5. The van der Waals surface area contributed by atoms with Crippen LogP contribution in [0, 0.1) is 25.7 Å². The zero-order chi connectivity index (χ0) is 56.9. The van der Waals surface area contributed by atoms with E-state index in [0.29, 0.717) is 24.9 Å². The lowest BCUT2D eigenvalue weighted by molar-refractivity contribution is -0.123. The number of nitrogens with two attached hydrogens (primary N) is 3. The lowest BCUT2D eigenvalue weighted by Gasteiger charge is -2.22. The third kappa shape index (κ3) is 14.9. The Morgan fingerprint density at radius 2 is 1.11 bits per heavy atom. The van der Waals surface area contributed by atoms with Crippen molar-refractivity contribution in [2.45, 2.75) is 127 Å². The van der Waals surface area contributed by atoms with E-state index in [1.807, 2.05) is 30.3 Å². The van der Waals surface area contributed by atoms with Crippen LogP contribution in [-0.2, 0) is 46.5 Å². The van der Waals surface area contributed by atoms with Crippen LogP contribution < -0.4 is 33.2 Å². The van der Waals surface area contributed by atoms with Gasteiger partial charge in [-0.3, -0.25) is 9.59 Å². The average Bonchev–Trinajstić information content (AvgIpc) is 4.59. The van der Waals surface area contributed by atoms with Crippen molar-refractivity contribution in [1.82, 2.24) is 29.9 Å². The van der Waals surface area contributed by atoms with Crippen molar-refractivity contribution in [2.24, 2.45) is 29.0 Å². The zero-order valence-electron chi connectivity index (χ0n) is 44.6. The average molecular weight is 1360 g/mol. The van der Waals surface area contributed by atoms with Gasteiger partial charge in [-0.2, -0.15) is 15.0 Å². The van der Waals surface area contributed by atoms with Crippen molar-refractivity contribution in [2.75, 3.05) is 16.0 Å². The standard InChI is InChI=1S/C19H21ClN4OS.C17H19ClN4OS.C16H16BrClN4S2.2CH2O2.2ClH/c1-10-13-14(26-16(10)19(6-7-19)15(21)11-4-5-11)17(24-18(20)23-13)22-9-12-3-2-8-25-12;1-9-12-13(24-14(9)17(5-6-17)10(2)19)15(22-16(18)21-12)20-8-11-4-3-7-23-11;17-12-11(6-10(19)8-3-4-8)24-14-13(12)21-16(18)22-15(14)20-7-9-2-1-5-23-9;2*2-1-3;;/h2-3,8,11,15H,4-7,9,21H2,1H3,(H,22,23,24);3-4,7,10H,5-6,8,19H2,1-2H3,(H,20,21,22);1-2,5,8,10H,3-4,6-7,19H2,(H,20,21,22);2*1H,(H,2,3);2*1H/t;;10-;;;;/m..1..../s1. The minimum atomic E-state index is -0.250. The Bertz CT molecular complexity index is 3550. The van der Waals surface area contributed by atoms with Crippen molar-refractivity contribution in [1.29, 1.82) is 0 Å². The molecule has 11 N–H and O–H groups in total. The van der Waals surface area contributed by atoms with Gasteiger partial charge in [0.1, 0.15) is 34.5 Å². The second-order valence-electron chi connectivity index (χ2n) is 20.2. The molecular formula is C54H62BrCl5N12O6S4. The van der Waals surface area contributed by atoms with Gasteiger partial charge in [-0.1, -0.05) is 6.07 Å². The summed E-state index contributed by atoms with van der Waals surface area (Å²) in [5.74, 6) is 5.38. The highest BCUT2D eigenvalue weighted by Crippen LogP contribution is 2.60. The Balaban J connectivity index is 0.000000167. The van der Waals surface area contributed by atoms with Gasteiger partial charge in [-0.25, -0.2) is 15.0 Å². The molecule has 3 atom stereocenters. The highest BCUT2D eigenvalue weighted by atomic mass is 79.9. The van der Waals surface area contributed by atoms with Gasteiger partial charge in [0.25, 0.3) is 12.9 Å². The molecule has 9 heterocycles. The fraction of sp³-hybridized carbons (Fsp3) is 0.407. The highest BCUT2D eigenvalue weighted by Gasteiger charge is 2.55. The fourth-order valence-electron chi connectivity index (χ4n) is 9.96. The quantitative estimate of drug-likeness (QED) is 0.0310. The van der Waals surface area contributed by atoms with Crippen molar-refractivity contribution >= 4 is 182 Å². The third-order valence-electron chi connectivity index (χ3n) is 14.8. The van der Waals surface area contributed by atoms with E-state index >= 15 is 0 Å². The highest BCUT2D eigenvalue weighted by molar-refractivity contribution is 9.10. The molecule has 4 saturated carbocycles. The minimum absolute atomic E-state index is 0. The molecule has 2 unspecified atom stereocenters. The van der Waals surface area contributed by atoms with E-state index in [1.165, 1.54) is 69.2 Å². The molecule has 82 heavy (non-hydrogen) atoms. The number of halogens is 6. The number of nitrogens with zero attached hydrogens (tertiary/aromatic N) is 6. The maximum atomic E-state index is 8.36. The lowest BCUT2D eigenvalue weighted by atomic mass is 9.89. The molecule has 4 fully saturated rings. The molecule has 0 radical (unpaired) electrons. The fourth-order valence-corrected chi connectivity index (χ4v) is 16.2. The number of rotatable bonds is 17. The molecule has 0 amide bonds. The summed E-state index contributed by atoms with van der Waals surface area (Å²) in [4.78, 5) is 48.5. The summed E-state index contributed by atoms with van der Waals surface area (Å²) < 4.78 is 14.9. The number of furan rings is 2. The van der Waals surface area contributed by atoms with Gasteiger partial charge in [0.2, 0.25) is 15.9 Å². The first-order valence-electron chi connectivity index (χ1n) is 25.8. The number of carbonyl (C=O) groups is 2. The van der Waals surface area contributed by atoms with Crippen LogP contribution in [0.3, 0.4) is 0 Å². The first kappa shape index (κ1) is 65.1. The van der Waals surface area contributed by atoms with Gasteiger partial charge >= 0.3 is 0 Å². The molecule has 4 aliphatic carbocycles. The number of hydrogen-bond acceptors (Lipinski definition) is 20. The van der Waals surface area contributed by atoms with Gasteiger partial charge in [0.05, 0.1) is 61.8 Å². The molecule has 0 spiro atoms. The van der Waals surface area contributed by atoms with E-state index in [4.69, 9.17) is 80.6 Å². The van der Waals surface area contributed by atoms with Crippen LogP contribution >= 0.6 is 121 Å². The number of carboxylic acid groups (broad SMARTS) is 2. The van der Waals surface area contributed by atoms with Crippen LogP contribution in [0.4, 0.5) is 17.5 Å². The molecule has 0 aromatic carbocycles. The summed E-state index contributed by atoms with van der Waals surface area (Å²) in [5, 5.41) is 26.7. The molecule has 0 aliphatic heterocycles. The molecule has 4 aliphatic rings. The maximum Gasteiger partial charge on any atom is 0.290 e. The monoisotopic (exact) mass is 1360 g/mol. The minimum Gasteiger partial charge on any atom is -0.483 e. The molecular weight excluding hydrogens is 1300 g/mol. The SMILES string of the molecule is Cc1c(C2(C(C)N)CC2)sc2c(NCc3ccco3)nc(Cl)nc12.Cc1c(C2(C(N)C3CC3)CC2)sc2c(NCc3ccco3)nc(Cl)nc12.Cl.Cl.N[C@H](Cc1sc2c(NCc3cccs3)nc(Cl)nc2c1Br)C1CC1.O=CO.O=CO. The Morgan fingerprint density at radius 3 is 1.51 bits per heavy atom. The summed E-state index contributed by atoms with van der Waals surface area (Å²) in [6.07, 6.45) is 13.9. The van der Waals surface area contributed by atoms with E-state index in [0.717, 1.165) is 89.9 Å². The number of fused-ring (bicyclic) bond motifs is 3. The number of aryl methyl sites for hydroxylation is 2. The summed E-state index contributed by atoms with van der Waals surface area (Å²) >= 11 is 29.1. The van der Waals surface area contributed by atoms with Crippen LogP contribution in [0.1, 0.15) is 100 Å². The smallest absolute Gasteiger partial charge is 0.290 e. The second-order valence-corrected chi connectivity index (χ2v) is 26.2. The number of anilines is 3. The van der Waals surface area contributed by atoms with Gasteiger partial charge in [-0.15, -0.1) is 70.2 Å². The molecule has 0 saturated heterocycles. The predicted octanol–water partition coefficient (Wildman–Crippen LogP) is 14.2. The normalized spacial score (nSPS) is 16.2. The zero-order valence-corrected chi connectivity index (χ0v) is 53.4. The van der Waals surface area contributed by atoms with Crippen molar-refractivity contribution < 1.29 is 28.6 Å². The van der Waals surface area contributed by atoms with E-state index in [2.05, 4.69) is 94.0 Å². The maximum absolute atomic E-state index is 8.36.